The van der Waals surface area contributed by atoms with Crippen molar-refractivity contribution in [2.45, 2.75) is 70.3 Å². The van der Waals surface area contributed by atoms with Gasteiger partial charge in [0.1, 0.15) is 30.6 Å². The van der Waals surface area contributed by atoms with Gasteiger partial charge in [-0.05, 0) is 98.7 Å². The van der Waals surface area contributed by atoms with Crippen LogP contribution in [0.1, 0.15) is 50.7 Å². The summed E-state index contributed by atoms with van der Waals surface area (Å²) in [5.41, 5.74) is 13.7. The van der Waals surface area contributed by atoms with Gasteiger partial charge in [0.05, 0.1) is 38.8 Å². The van der Waals surface area contributed by atoms with Gasteiger partial charge in [0.15, 0.2) is 0 Å². The van der Waals surface area contributed by atoms with Crippen molar-refractivity contribution in [1.82, 2.24) is 25.1 Å². The molecule has 2 amide bonds. The Bertz CT molecular complexity index is 2010. The first kappa shape index (κ1) is 56.7. The van der Waals surface area contributed by atoms with E-state index < -0.39 is 36.8 Å². The van der Waals surface area contributed by atoms with Crippen LogP contribution in [0, 0.1) is 11.3 Å². The minimum absolute atomic E-state index is 0.0312. The number of amides is 2. The molecule has 5 N–H and O–H groups in total. The van der Waals surface area contributed by atoms with E-state index in [4.69, 9.17) is 19.1 Å². The van der Waals surface area contributed by atoms with Crippen LogP contribution in [0.25, 0.3) is 22.3 Å². The van der Waals surface area contributed by atoms with E-state index in [1.807, 2.05) is 81.3 Å². The molecule has 4 aromatic rings. The zero-order valence-electron chi connectivity index (χ0n) is 37.6. The highest BCUT2D eigenvalue weighted by atomic mass is 19.3. The molecule has 2 aliphatic heterocycles. The molecular weight excluding hydrogens is 849 g/mol. The van der Waals surface area contributed by atoms with Crippen LogP contribution < -0.4 is 26.3 Å². The van der Waals surface area contributed by atoms with Gasteiger partial charge in [-0.3, -0.25) is 19.6 Å². The molecule has 2 saturated heterocycles. The number of likely N-dealkylation sites (tertiary alicyclic amines) is 2. The monoisotopic (exact) mass is 910 g/mol. The maximum atomic E-state index is 13.9. The average Bonchev–Trinajstić information content (AvgIpc) is 3.83. The SMILES string of the molecule is C=O.CC.CN.CN1CCC(F)(F)C1.N#CC1CC(F)(F)CN1C(=O)Cc1ccncc1-c1ccc(OCCCNCCCOc2ccc(-c3cnccc3CC=O)cc2)cc1.NC=O. The van der Waals surface area contributed by atoms with Gasteiger partial charge in [-0.15, -0.1) is 0 Å². The summed E-state index contributed by atoms with van der Waals surface area (Å²) in [7, 11) is 3.21. The maximum absolute atomic E-state index is 13.9. The lowest BCUT2D eigenvalue weighted by molar-refractivity contribution is -0.131. The van der Waals surface area contributed by atoms with E-state index in [2.05, 4.69) is 26.8 Å². The molecule has 0 aliphatic carbocycles. The van der Waals surface area contributed by atoms with E-state index in [0.717, 1.165) is 70.7 Å². The maximum Gasteiger partial charge on any atom is 0.268 e. The molecule has 0 spiro atoms. The van der Waals surface area contributed by atoms with Crippen LogP contribution in [0.15, 0.2) is 85.5 Å². The van der Waals surface area contributed by atoms with Crippen LogP contribution >= 0.6 is 0 Å². The third-order valence-electron chi connectivity index (χ3n) is 9.43. The van der Waals surface area contributed by atoms with Crippen LogP contribution in [0.5, 0.6) is 11.5 Å². The van der Waals surface area contributed by atoms with E-state index in [-0.39, 0.29) is 25.8 Å². The molecule has 0 saturated carbocycles. The topological polar surface area (TPSA) is 207 Å². The summed E-state index contributed by atoms with van der Waals surface area (Å²) in [6, 6.07) is 19.5. The first-order valence-corrected chi connectivity index (χ1v) is 21.0. The van der Waals surface area contributed by atoms with Crippen molar-refractivity contribution >= 4 is 25.4 Å². The number of aldehydes is 1. The number of ether oxygens (including phenoxy) is 2. The minimum atomic E-state index is -3.06. The first-order chi connectivity index (χ1) is 31.4. The van der Waals surface area contributed by atoms with Gasteiger partial charge in [-0.25, -0.2) is 17.6 Å². The van der Waals surface area contributed by atoms with Crippen molar-refractivity contribution < 1.29 is 46.2 Å². The van der Waals surface area contributed by atoms with Gasteiger partial charge >= 0.3 is 0 Å². The van der Waals surface area contributed by atoms with Crippen LogP contribution in [0.4, 0.5) is 17.6 Å². The number of halogens is 4. The van der Waals surface area contributed by atoms with Gasteiger partial charge in [-0.2, -0.15) is 5.26 Å². The standard InChI is InChI=1S/C37H37F2N5O4.C5H9F2N.C2H6.CH3NO.CH5N.CH2O/c38-37(39)22-31(23-40)44(26-37)36(46)21-30-12-17-43-25-35(30)28-5-9-33(10-6-28)48-20-2-15-41-14-1-19-47-32-7-3-27(4-8-32)34-24-42-16-11-29(34)13-18-45;1-8-3-2-5(6,7)4-8;1-2;2-1-3;2*1-2/h3-12,16-18,24-25,31,41H,1-2,13-15,19-22,26H2;2-4H2,1H3;1-2H3;1H,(H2,2,3);2H2,1H3;1H2. The second kappa shape index (κ2) is 31.5. The summed E-state index contributed by atoms with van der Waals surface area (Å²) in [4.78, 5) is 51.4. The van der Waals surface area contributed by atoms with Crippen molar-refractivity contribution in [3.05, 3.63) is 96.6 Å². The van der Waals surface area contributed by atoms with Crippen LogP contribution in [0.2, 0.25) is 0 Å². The summed E-state index contributed by atoms with van der Waals surface area (Å²) in [5, 5.41) is 12.6. The number of hydrogen-bond acceptors (Lipinski definition) is 12. The van der Waals surface area contributed by atoms with E-state index in [9.17, 15) is 32.4 Å². The predicted molar refractivity (Wildman–Crippen MR) is 242 cm³/mol. The minimum Gasteiger partial charge on any atom is -0.494 e. The smallest absolute Gasteiger partial charge is 0.268 e. The Kier molecular flexibility index (Phi) is 27.5. The Labute approximate surface area is 379 Å². The normalized spacial score (nSPS) is 15.1. The highest BCUT2D eigenvalue weighted by molar-refractivity contribution is 5.83. The van der Waals surface area contributed by atoms with Crippen molar-refractivity contribution in [1.29, 1.82) is 5.26 Å². The van der Waals surface area contributed by atoms with Gasteiger partial charge in [0.2, 0.25) is 12.3 Å². The van der Waals surface area contributed by atoms with Gasteiger partial charge in [0, 0.05) is 61.7 Å². The van der Waals surface area contributed by atoms with Gasteiger partial charge in [-0.1, -0.05) is 38.1 Å². The fourth-order valence-corrected chi connectivity index (χ4v) is 6.52. The zero-order valence-corrected chi connectivity index (χ0v) is 37.6. The Morgan fingerprint density at radius 3 is 1.74 bits per heavy atom. The fourth-order valence-electron chi connectivity index (χ4n) is 6.52. The van der Waals surface area contributed by atoms with Gasteiger partial charge in [0.25, 0.3) is 11.8 Å². The fraction of sp³-hybridized carbons (Fsp3) is 0.426. The molecule has 0 bridgehead atoms. The van der Waals surface area contributed by atoms with Crippen molar-refractivity contribution in [3.63, 3.8) is 0 Å². The molecule has 18 heteroatoms. The number of nitrogens with zero attached hydrogens (tertiary/aromatic N) is 5. The Hall–Kier alpha value is -6.29. The summed E-state index contributed by atoms with van der Waals surface area (Å²) < 4.78 is 63.8. The Morgan fingerprint density at radius 1 is 0.846 bits per heavy atom. The van der Waals surface area contributed by atoms with Crippen LogP contribution in [-0.4, -0.2) is 123 Å². The molecule has 14 nitrogen and oxygen atoms in total. The molecule has 354 valence electrons. The van der Waals surface area contributed by atoms with Crippen molar-refractivity contribution in [3.8, 4) is 39.8 Å². The lowest BCUT2D eigenvalue weighted by atomic mass is 9.99. The molecule has 0 radical (unpaired) electrons. The molecule has 2 aromatic carbocycles. The van der Waals surface area contributed by atoms with E-state index >= 15 is 0 Å². The number of nitrogens with two attached hydrogens (primary N) is 2. The second-order valence-corrected chi connectivity index (χ2v) is 14.0. The third-order valence-corrected chi connectivity index (χ3v) is 9.43. The number of aromatic nitrogens is 2. The number of hydrogen-bond donors (Lipinski definition) is 3. The van der Waals surface area contributed by atoms with Crippen LogP contribution in [-0.2, 0) is 32.0 Å². The first-order valence-electron chi connectivity index (χ1n) is 21.0. The number of nitriles is 1. The lowest BCUT2D eigenvalue weighted by Gasteiger charge is -2.20. The van der Waals surface area contributed by atoms with Crippen LogP contribution in [0.3, 0.4) is 0 Å². The third kappa shape index (κ3) is 20.4. The van der Waals surface area contributed by atoms with E-state index in [1.54, 1.807) is 42.8 Å². The number of pyridine rings is 2. The van der Waals surface area contributed by atoms with E-state index in [1.165, 1.54) is 7.05 Å². The quantitative estimate of drug-likeness (QED) is 0.0657. The number of carbonyl (C=O) groups excluding carboxylic acids is 4. The predicted octanol–water partition coefficient (Wildman–Crippen LogP) is 6.16. The molecule has 2 aromatic heterocycles. The van der Waals surface area contributed by atoms with Crippen molar-refractivity contribution in [2.75, 3.05) is 60.0 Å². The average molecular weight is 911 g/mol. The summed E-state index contributed by atoms with van der Waals surface area (Å²) >= 11 is 0. The second-order valence-electron chi connectivity index (χ2n) is 14.0. The summed E-state index contributed by atoms with van der Waals surface area (Å²) in [6.45, 7) is 8.46. The highest BCUT2D eigenvalue weighted by Gasteiger charge is 2.47. The molecule has 6 rings (SSSR count). The Morgan fingerprint density at radius 2 is 1.32 bits per heavy atom. The molecule has 1 atom stereocenters. The summed E-state index contributed by atoms with van der Waals surface area (Å²) in [5.74, 6) is -4.48. The summed E-state index contributed by atoms with van der Waals surface area (Å²) in [6.07, 6.45) is 9.12. The lowest BCUT2D eigenvalue weighted by Crippen LogP contribution is -2.37. The van der Waals surface area contributed by atoms with Gasteiger partial charge < -0.3 is 45.6 Å². The molecule has 65 heavy (non-hydrogen) atoms. The molecule has 4 heterocycles. The largest absolute Gasteiger partial charge is 0.494 e. The molecule has 2 fully saturated rings. The molecule has 1 unspecified atom stereocenters. The number of benzene rings is 2. The van der Waals surface area contributed by atoms with E-state index in [0.29, 0.717) is 37.5 Å². The highest BCUT2D eigenvalue weighted by Crippen LogP contribution is 2.33. The number of carbonyl (C=O) groups is 4. The number of rotatable bonds is 16. The number of alkyl halides is 4. The number of primary amides is 1. The Balaban J connectivity index is 0.00000107. The molecule has 2 aliphatic rings. The molecular formula is C47H62F4N8O6. The zero-order chi connectivity index (χ0) is 48.7. The van der Waals surface area contributed by atoms with Crippen molar-refractivity contribution in [2.24, 2.45) is 11.5 Å². The number of nitrogens with one attached hydrogen (secondary N) is 1.